The van der Waals surface area contributed by atoms with Gasteiger partial charge >= 0.3 is 0 Å². The lowest BCUT2D eigenvalue weighted by atomic mass is 10.1. The van der Waals surface area contributed by atoms with Crippen molar-refractivity contribution in [1.29, 1.82) is 0 Å². The Balaban J connectivity index is 2.42. The summed E-state index contributed by atoms with van der Waals surface area (Å²) < 4.78 is 25.7. The van der Waals surface area contributed by atoms with Crippen LogP contribution in [0.1, 0.15) is 22.3 Å². The zero-order valence-corrected chi connectivity index (χ0v) is 13.7. The van der Waals surface area contributed by atoms with E-state index in [1.165, 1.54) is 10.6 Å². The number of sulfonamides is 1. The van der Waals surface area contributed by atoms with Gasteiger partial charge in [0.25, 0.3) is 0 Å². The molecule has 4 heteroatoms. The van der Waals surface area contributed by atoms with Crippen LogP contribution in [0, 0.1) is 20.8 Å². The Bertz CT molecular complexity index is 751. The van der Waals surface area contributed by atoms with Crippen molar-refractivity contribution in [2.75, 3.05) is 10.6 Å². The summed E-state index contributed by atoms with van der Waals surface area (Å²) in [6.45, 7) is 6.36. The van der Waals surface area contributed by atoms with Gasteiger partial charge in [0.2, 0.25) is 10.0 Å². The van der Waals surface area contributed by atoms with Crippen molar-refractivity contribution in [3.8, 4) is 0 Å². The van der Waals surface area contributed by atoms with Gasteiger partial charge in [-0.15, -0.1) is 0 Å². The van der Waals surface area contributed by atoms with E-state index < -0.39 is 10.0 Å². The second-order valence-electron chi connectivity index (χ2n) is 5.53. The fourth-order valence-corrected chi connectivity index (χ4v) is 3.14. The summed E-state index contributed by atoms with van der Waals surface area (Å²) in [6.07, 6.45) is 1.25. The van der Waals surface area contributed by atoms with Crippen LogP contribution in [0.25, 0.3) is 0 Å². The van der Waals surface area contributed by atoms with Crippen LogP contribution < -0.4 is 4.31 Å². The molecule has 0 saturated carbocycles. The molecule has 0 amide bonds. The first-order valence-corrected chi connectivity index (χ1v) is 8.73. The Labute approximate surface area is 127 Å². The van der Waals surface area contributed by atoms with Crippen LogP contribution in [-0.4, -0.2) is 14.7 Å². The lowest BCUT2D eigenvalue weighted by molar-refractivity contribution is 0.596. The van der Waals surface area contributed by atoms with Crippen molar-refractivity contribution in [3.63, 3.8) is 0 Å². The molecule has 0 bridgehead atoms. The van der Waals surface area contributed by atoms with E-state index in [9.17, 15) is 8.42 Å². The normalized spacial score (nSPS) is 11.4. The predicted octanol–water partition coefficient (Wildman–Crippen LogP) is 3.58. The Morgan fingerprint density at radius 3 is 2.24 bits per heavy atom. The molecule has 0 unspecified atom stereocenters. The predicted molar refractivity (Wildman–Crippen MR) is 88.1 cm³/mol. The van der Waals surface area contributed by atoms with Crippen molar-refractivity contribution < 1.29 is 8.42 Å². The lowest BCUT2D eigenvalue weighted by Gasteiger charge is -2.23. The maximum atomic E-state index is 12.1. The minimum absolute atomic E-state index is 0.350. The van der Waals surface area contributed by atoms with Gasteiger partial charge in [0.05, 0.1) is 18.5 Å². The molecule has 0 aromatic heterocycles. The molecule has 2 aromatic carbocycles. The third-order valence-corrected chi connectivity index (χ3v) is 4.73. The summed E-state index contributed by atoms with van der Waals surface area (Å²) in [5, 5.41) is 0. The molecule has 2 rings (SSSR count). The van der Waals surface area contributed by atoms with Gasteiger partial charge < -0.3 is 0 Å². The van der Waals surface area contributed by atoms with E-state index in [1.807, 2.05) is 63.2 Å². The summed E-state index contributed by atoms with van der Waals surface area (Å²) >= 11 is 0. The minimum Gasteiger partial charge on any atom is -0.266 e. The van der Waals surface area contributed by atoms with Crippen LogP contribution in [0.5, 0.6) is 0 Å². The molecular weight excluding hydrogens is 282 g/mol. The number of hydrogen-bond donors (Lipinski definition) is 0. The van der Waals surface area contributed by atoms with Gasteiger partial charge in [0.15, 0.2) is 0 Å². The first kappa shape index (κ1) is 15.6. The third-order valence-electron chi connectivity index (χ3n) is 3.59. The Kier molecular flexibility index (Phi) is 4.37. The summed E-state index contributed by atoms with van der Waals surface area (Å²) in [7, 11) is -3.33. The Hall–Kier alpha value is -1.81. The van der Waals surface area contributed by atoms with E-state index in [-0.39, 0.29) is 0 Å². The Morgan fingerprint density at radius 1 is 0.952 bits per heavy atom. The Morgan fingerprint density at radius 2 is 1.67 bits per heavy atom. The second kappa shape index (κ2) is 5.90. The minimum atomic E-state index is -3.33. The molecule has 0 radical (unpaired) electrons. The van der Waals surface area contributed by atoms with Crippen LogP contribution in [0.2, 0.25) is 0 Å². The number of rotatable bonds is 4. The average Bonchev–Trinajstić information content (AvgIpc) is 2.38. The van der Waals surface area contributed by atoms with E-state index in [2.05, 4.69) is 0 Å². The highest BCUT2D eigenvalue weighted by Crippen LogP contribution is 2.23. The molecule has 0 spiro atoms. The summed E-state index contributed by atoms with van der Waals surface area (Å²) in [4.78, 5) is 0. The molecule has 112 valence electrons. The third kappa shape index (κ3) is 3.85. The fraction of sp³-hybridized carbons (Fsp3) is 0.294. The van der Waals surface area contributed by atoms with Gasteiger partial charge in [-0.3, -0.25) is 4.31 Å². The highest BCUT2D eigenvalue weighted by Gasteiger charge is 2.18. The number of nitrogens with zero attached hydrogens (tertiary/aromatic N) is 1. The van der Waals surface area contributed by atoms with E-state index in [1.54, 1.807) is 0 Å². The summed E-state index contributed by atoms with van der Waals surface area (Å²) in [5.41, 5.74) is 5.06. The number of aryl methyl sites for hydroxylation is 3. The molecule has 3 nitrogen and oxygen atoms in total. The molecule has 0 heterocycles. The van der Waals surface area contributed by atoms with Crippen LogP contribution in [0.15, 0.2) is 42.5 Å². The first-order valence-electron chi connectivity index (χ1n) is 6.88. The van der Waals surface area contributed by atoms with Gasteiger partial charge in [-0.25, -0.2) is 8.42 Å². The lowest BCUT2D eigenvalue weighted by Crippen LogP contribution is -2.29. The monoisotopic (exact) mass is 303 g/mol. The highest BCUT2D eigenvalue weighted by atomic mass is 32.2. The number of anilines is 1. The maximum absolute atomic E-state index is 12.1. The molecule has 0 atom stereocenters. The van der Waals surface area contributed by atoms with Crippen LogP contribution in [0.4, 0.5) is 5.69 Å². The van der Waals surface area contributed by atoms with E-state index in [4.69, 9.17) is 0 Å². The zero-order valence-electron chi connectivity index (χ0n) is 12.9. The zero-order chi connectivity index (χ0) is 15.6. The van der Waals surface area contributed by atoms with Gasteiger partial charge in [0, 0.05) is 0 Å². The number of hydrogen-bond acceptors (Lipinski definition) is 2. The van der Waals surface area contributed by atoms with Crippen LogP contribution >= 0.6 is 0 Å². The molecule has 0 N–H and O–H groups in total. The fourth-order valence-electron chi connectivity index (χ4n) is 2.26. The highest BCUT2D eigenvalue weighted by molar-refractivity contribution is 7.92. The molecule has 21 heavy (non-hydrogen) atoms. The molecular formula is C17H21NO2S. The molecule has 0 saturated heterocycles. The van der Waals surface area contributed by atoms with Crippen molar-refractivity contribution in [2.45, 2.75) is 27.3 Å². The maximum Gasteiger partial charge on any atom is 0.232 e. The first-order chi connectivity index (χ1) is 9.77. The SMILES string of the molecule is Cc1cccc(CN(c2ccc(C)c(C)c2)S(C)(=O)=O)c1. The standard InChI is InChI=1S/C17H21NO2S/c1-13-6-5-7-16(10-13)12-18(21(4,19)20)17-9-8-14(2)15(3)11-17/h5-11H,12H2,1-4H3. The smallest absolute Gasteiger partial charge is 0.232 e. The van der Waals surface area contributed by atoms with Gasteiger partial charge in [0.1, 0.15) is 0 Å². The largest absolute Gasteiger partial charge is 0.266 e. The van der Waals surface area contributed by atoms with Crippen molar-refractivity contribution >= 4 is 15.7 Å². The number of benzene rings is 2. The van der Waals surface area contributed by atoms with Crippen LogP contribution in [0.3, 0.4) is 0 Å². The van der Waals surface area contributed by atoms with Crippen molar-refractivity contribution in [1.82, 2.24) is 0 Å². The van der Waals surface area contributed by atoms with Crippen molar-refractivity contribution in [2.24, 2.45) is 0 Å². The quantitative estimate of drug-likeness (QED) is 0.866. The van der Waals surface area contributed by atoms with Gasteiger partial charge in [-0.1, -0.05) is 35.9 Å². The van der Waals surface area contributed by atoms with E-state index in [0.717, 1.165) is 22.3 Å². The van der Waals surface area contributed by atoms with Crippen molar-refractivity contribution in [3.05, 3.63) is 64.7 Å². The molecule has 0 fully saturated rings. The van der Waals surface area contributed by atoms with Gasteiger partial charge in [-0.05, 0) is 49.6 Å². The van der Waals surface area contributed by atoms with Gasteiger partial charge in [-0.2, -0.15) is 0 Å². The van der Waals surface area contributed by atoms with E-state index >= 15 is 0 Å². The topological polar surface area (TPSA) is 37.4 Å². The van der Waals surface area contributed by atoms with Crippen LogP contribution in [-0.2, 0) is 16.6 Å². The second-order valence-corrected chi connectivity index (χ2v) is 7.43. The molecule has 2 aromatic rings. The molecule has 0 aliphatic heterocycles. The average molecular weight is 303 g/mol. The molecule has 0 aliphatic carbocycles. The molecule has 0 aliphatic rings. The van der Waals surface area contributed by atoms with E-state index in [0.29, 0.717) is 12.2 Å². The summed E-state index contributed by atoms with van der Waals surface area (Å²) in [6, 6.07) is 13.7. The summed E-state index contributed by atoms with van der Waals surface area (Å²) in [5.74, 6) is 0.